The minimum atomic E-state index is 0.244. The lowest BCUT2D eigenvalue weighted by Crippen LogP contribution is -2.45. The van der Waals surface area contributed by atoms with Gasteiger partial charge in [0, 0.05) is 24.7 Å². The standard InChI is InChI=1S/C16H22N4O/c1-11-3-5-13(6-4-11)16-18-15(21-19-16)10-20-8-12(2)7-14(17)9-20/h3-6,12,14H,7-10,17H2,1-2H3. The molecule has 0 bridgehead atoms. The third-order valence-electron chi connectivity index (χ3n) is 3.90. The van der Waals surface area contributed by atoms with Crippen LogP contribution >= 0.6 is 0 Å². The highest BCUT2D eigenvalue weighted by Gasteiger charge is 2.23. The normalized spacial score (nSPS) is 23.4. The zero-order valence-corrected chi connectivity index (χ0v) is 12.6. The number of benzene rings is 1. The minimum Gasteiger partial charge on any atom is -0.338 e. The van der Waals surface area contributed by atoms with Crippen molar-refractivity contribution in [3.8, 4) is 11.4 Å². The number of nitrogens with two attached hydrogens (primary N) is 1. The van der Waals surface area contributed by atoms with E-state index < -0.39 is 0 Å². The summed E-state index contributed by atoms with van der Waals surface area (Å²) in [5, 5.41) is 4.08. The first-order chi connectivity index (χ1) is 10.1. The van der Waals surface area contributed by atoms with Gasteiger partial charge in [-0.3, -0.25) is 4.90 Å². The van der Waals surface area contributed by atoms with E-state index in [1.807, 2.05) is 12.1 Å². The van der Waals surface area contributed by atoms with Crippen molar-refractivity contribution in [3.05, 3.63) is 35.7 Å². The van der Waals surface area contributed by atoms with Crippen molar-refractivity contribution in [1.82, 2.24) is 15.0 Å². The van der Waals surface area contributed by atoms with E-state index in [2.05, 4.69) is 41.0 Å². The van der Waals surface area contributed by atoms with Crippen molar-refractivity contribution in [3.63, 3.8) is 0 Å². The predicted octanol–water partition coefficient (Wildman–Crippen LogP) is 2.21. The molecule has 1 saturated heterocycles. The van der Waals surface area contributed by atoms with Gasteiger partial charge >= 0.3 is 0 Å². The zero-order chi connectivity index (χ0) is 14.8. The maximum absolute atomic E-state index is 6.07. The van der Waals surface area contributed by atoms with Gasteiger partial charge in [0.05, 0.1) is 6.54 Å². The number of hydrogen-bond donors (Lipinski definition) is 1. The Morgan fingerprint density at radius 2 is 2.05 bits per heavy atom. The molecule has 3 rings (SSSR count). The van der Waals surface area contributed by atoms with Crippen LogP contribution in [0.1, 0.15) is 24.8 Å². The van der Waals surface area contributed by atoms with Crippen LogP contribution in [-0.2, 0) is 6.54 Å². The van der Waals surface area contributed by atoms with Crippen molar-refractivity contribution in [2.24, 2.45) is 11.7 Å². The molecular formula is C16H22N4O. The average molecular weight is 286 g/mol. The molecule has 0 aliphatic carbocycles. The molecule has 1 aromatic heterocycles. The van der Waals surface area contributed by atoms with Gasteiger partial charge in [0.15, 0.2) is 0 Å². The van der Waals surface area contributed by atoms with E-state index in [9.17, 15) is 0 Å². The summed E-state index contributed by atoms with van der Waals surface area (Å²) in [5.74, 6) is 1.93. The minimum absolute atomic E-state index is 0.244. The molecule has 0 saturated carbocycles. The first kappa shape index (κ1) is 14.2. The summed E-state index contributed by atoms with van der Waals surface area (Å²) in [4.78, 5) is 6.79. The van der Waals surface area contributed by atoms with Gasteiger partial charge in [-0.15, -0.1) is 0 Å². The van der Waals surface area contributed by atoms with E-state index in [4.69, 9.17) is 10.3 Å². The second-order valence-electron chi connectivity index (χ2n) is 6.17. The van der Waals surface area contributed by atoms with E-state index in [-0.39, 0.29) is 6.04 Å². The maximum Gasteiger partial charge on any atom is 0.241 e. The largest absolute Gasteiger partial charge is 0.338 e. The fraction of sp³-hybridized carbons (Fsp3) is 0.500. The highest BCUT2D eigenvalue weighted by Crippen LogP contribution is 2.19. The Labute approximate surface area is 125 Å². The first-order valence-corrected chi connectivity index (χ1v) is 7.47. The monoisotopic (exact) mass is 286 g/mol. The van der Waals surface area contributed by atoms with Crippen LogP contribution in [0.4, 0.5) is 0 Å². The molecule has 2 N–H and O–H groups in total. The lowest BCUT2D eigenvalue weighted by molar-refractivity contribution is 0.142. The Balaban J connectivity index is 1.69. The van der Waals surface area contributed by atoms with Gasteiger partial charge in [-0.2, -0.15) is 4.98 Å². The Hall–Kier alpha value is -1.72. The van der Waals surface area contributed by atoms with Crippen molar-refractivity contribution >= 4 is 0 Å². The number of nitrogens with zero attached hydrogens (tertiary/aromatic N) is 3. The van der Waals surface area contributed by atoms with E-state index in [0.29, 0.717) is 24.2 Å². The molecule has 112 valence electrons. The lowest BCUT2D eigenvalue weighted by Gasteiger charge is -2.33. The van der Waals surface area contributed by atoms with Crippen LogP contribution in [0.2, 0.25) is 0 Å². The number of hydrogen-bond acceptors (Lipinski definition) is 5. The van der Waals surface area contributed by atoms with E-state index in [1.165, 1.54) is 5.56 Å². The predicted molar refractivity (Wildman–Crippen MR) is 81.5 cm³/mol. The van der Waals surface area contributed by atoms with Crippen LogP contribution in [0.3, 0.4) is 0 Å². The second-order valence-corrected chi connectivity index (χ2v) is 6.17. The summed E-state index contributed by atoms with van der Waals surface area (Å²) >= 11 is 0. The molecule has 1 aliphatic rings. The molecule has 1 aliphatic heterocycles. The van der Waals surface area contributed by atoms with E-state index in [1.54, 1.807) is 0 Å². The smallest absolute Gasteiger partial charge is 0.241 e. The van der Waals surface area contributed by atoms with Crippen LogP contribution in [0.25, 0.3) is 11.4 Å². The lowest BCUT2D eigenvalue weighted by atomic mass is 9.97. The van der Waals surface area contributed by atoms with Gasteiger partial charge in [-0.05, 0) is 19.3 Å². The summed E-state index contributed by atoms with van der Waals surface area (Å²) in [6.07, 6.45) is 1.09. The Bertz CT molecular complexity index is 583. The fourth-order valence-electron chi connectivity index (χ4n) is 2.97. The van der Waals surface area contributed by atoms with Crippen LogP contribution in [0.15, 0.2) is 28.8 Å². The Morgan fingerprint density at radius 3 is 2.76 bits per heavy atom. The molecule has 2 atom stereocenters. The quantitative estimate of drug-likeness (QED) is 0.937. The molecule has 5 heteroatoms. The van der Waals surface area contributed by atoms with Gasteiger partial charge in [-0.1, -0.05) is 41.9 Å². The number of aromatic nitrogens is 2. The molecule has 0 amide bonds. The van der Waals surface area contributed by atoms with Gasteiger partial charge in [0.2, 0.25) is 11.7 Å². The fourth-order valence-corrected chi connectivity index (χ4v) is 2.97. The van der Waals surface area contributed by atoms with E-state index >= 15 is 0 Å². The van der Waals surface area contributed by atoms with Crippen molar-refractivity contribution in [1.29, 1.82) is 0 Å². The number of aryl methyl sites for hydroxylation is 1. The third kappa shape index (κ3) is 3.49. The molecular weight excluding hydrogens is 264 g/mol. The Morgan fingerprint density at radius 1 is 1.29 bits per heavy atom. The molecule has 2 heterocycles. The molecule has 21 heavy (non-hydrogen) atoms. The average Bonchev–Trinajstić information content (AvgIpc) is 2.87. The molecule has 0 spiro atoms. The summed E-state index contributed by atoms with van der Waals surface area (Å²) in [6.45, 7) is 6.91. The van der Waals surface area contributed by atoms with Crippen LogP contribution in [0.5, 0.6) is 0 Å². The van der Waals surface area contributed by atoms with Gasteiger partial charge < -0.3 is 10.3 Å². The van der Waals surface area contributed by atoms with Gasteiger partial charge in [0.1, 0.15) is 0 Å². The first-order valence-electron chi connectivity index (χ1n) is 7.47. The van der Waals surface area contributed by atoms with Crippen LogP contribution in [0, 0.1) is 12.8 Å². The Kier molecular flexibility index (Phi) is 4.03. The third-order valence-corrected chi connectivity index (χ3v) is 3.90. The van der Waals surface area contributed by atoms with Crippen LogP contribution in [-0.4, -0.2) is 34.2 Å². The number of piperidine rings is 1. The molecule has 0 radical (unpaired) electrons. The molecule has 1 aromatic carbocycles. The summed E-state index contributed by atoms with van der Waals surface area (Å²) in [7, 11) is 0. The topological polar surface area (TPSA) is 68.2 Å². The highest BCUT2D eigenvalue weighted by molar-refractivity contribution is 5.54. The number of rotatable bonds is 3. The molecule has 2 unspecified atom stereocenters. The second kappa shape index (κ2) is 5.95. The SMILES string of the molecule is Cc1ccc(-c2noc(CN3CC(C)CC(N)C3)n2)cc1. The molecule has 1 fully saturated rings. The van der Waals surface area contributed by atoms with Crippen LogP contribution < -0.4 is 5.73 Å². The van der Waals surface area contributed by atoms with Gasteiger partial charge in [-0.25, -0.2) is 0 Å². The highest BCUT2D eigenvalue weighted by atomic mass is 16.5. The van der Waals surface area contributed by atoms with Crippen molar-refractivity contribution in [2.75, 3.05) is 13.1 Å². The summed E-state index contributed by atoms with van der Waals surface area (Å²) < 4.78 is 5.38. The maximum atomic E-state index is 6.07. The molecule has 5 nitrogen and oxygen atoms in total. The number of likely N-dealkylation sites (tertiary alicyclic amines) is 1. The van der Waals surface area contributed by atoms with Crippen molar-refractivity contribution in [2.45, 2.75) is 32.9 Å². The van der Waals surface area contributed by atoms with E-state index in [0.717, 1.165) is 25.1 Å². The zero-order valence-electron chi connectivity index (χ0n) is 12.6. The molecule has 2 aromatic rings. The van der Waals surface area contributed by atoms with Gasteiger partial charge in [0.25, 0.3) is 0 Å². The van der Waals surface area contributed by atoms with Crippen molar-refractivity contribution < 1.29 is 4.52 Å². The summed E-state index contributed by atoms with van der Waals surface area (Å²) in [5.41, 5.74) is 8.28. The summed E-state index contributed by atoms with van der Waals surface area (Å²) in [6, 6.07) is 8.38.